The number of aromatic nitrogens is 1. The molecule has 2 aliphatic carbocycles. The Hall–Kier alpha value is -1.62. The second kappa shape index (κ2) is 6.22. The molecule has 0 atom stereocenters. The third-order valence-electron chi connectivity index (χ3n) is 6.55. The molecule has 0 aromatic carbocycles. The Labute approximate surface area is 155 Å². The maximum atomic E-state index is 12.5. The summed E-state index contributed by atoms with van der Waals surface area (Å²) in [6.07, 6.45) is 5.79. The predicted molar refractivity (Wildman–Crippen MR) is 99.0 cm³/mol. The van der Waals surface area contributed by atoms with Crippen LogP contribution in [-0.2, 0) is 4.79 Å². The second-order valence-corrected chi connectivity index (χ2v) is 9.19. The Kier molecular flexibility index (Phi) is 4.25. The minimum absolute atomic E-state index is 0.0393. The first kappa shape index (κ1) is 17.8. The topological polar surface area (TPSA) is 62.7 Å². The predicted octanol–water partition coefficient (Wildman–Crippen LogP) is 3.01. The van der Waals surface area contributed by atoms with Crippen molar-refractivity contribution in [2.24, 2.45) is 11.3 Å². The fourth-order valence-corrected chi connectivity index (χ4v) is 4.87. The van der Waals surface area contributed by atoms with Crippen LogP contribution in [-0.4, -0.2) is 45.7 Å². The number of aliphatic hydroxyl groups is 1. The number of nitrogens with zero attached hydrogens (tertiary/aromatic N) is 2. The first-order chi connectivity index (χ1) is 12.3. The molecule has 5 nitrogen and oxygen atoms in total. The van der Waals surface area contributed by atoms with Crippen LogP contribution in [0.25, 0.3) is 0 Å². The molecule has 1 aliphatic heterocycles. The maximum absolute atomic E-state index is 12.5. The van der Waals surface area contributed by atoms with Crippen molar-refractivity contribution in [1.82, 2.24) is 9.88 Å². The van der Waals surface area contributed by atoms with Crippen molar-refractivity contribution in [2.75, 3.05) is 13.1 Å². The van der Waals surface area contributed by atoms with Gasteiger partial charge in [0.1, 0.15) is 6.10 Å². The van der Waals surface area contributed by atoms with Gasteiger partial charge in [0.05, 0.1) is 5.60 Å². The van der Waals surface area contributed by atoms with E-state index < -0.39 is 5.60 Å². The number of ether oxygens (including phenoxy) is 1. The number of likely N-dealkylation sites (tertiary alicyclic amines) is 1. The Morgan fingerprint density at radius 3 is 2.50 bits per heavy atom. The van der Waals surface area contributed by atoms with Crippen LogP contribution in [0.3, 0.4) is 0 Å². The zero-order valence-electron chi connectivity index (χ0n) is 16.1. The molecule has 1 aromatic heterocycles. The Bertz CT molecular complexity index is 691. The van der Waals surface area contributed by atoms with Crippen LogP contribution in [0, 0.1) is 25.2 Å². The molecule has 2 heterocycles. The van der Waals surface area contributed by atoms with Gasteiger partial charge in [-0.05, 0) is 65.4 Å². The van der Waals surface area contributed by atoms with Gasteiger partial charge in [-0.2, -0.15) is 0 Å². The van der Waals surface area contributed by atoms with Crippen molar-refractivity contribution >= 4 is 5.91 Å². The summed E-state index contributed by atoms with van der Waals surface area (Å²) < 4.78 is 6.17. The van der Waals surface area contributed by atoms with E-state index >= 15 is 0 Å². The Morgan fingerprint density at radius 2 is 1.88 bits per heavy atom. The van der Waals surface area contributed by atoms with Gasteiger partial charge in [-0.3, -0.25) is 4.79 Å². The molecule has 1 aromatic rings. The molecular weight excluding hydrogens is 328 g/mol. The zero-order chi connectivity index (χ0) is 18.5. The van der Waals surface area contributed by atoms with E-state index in [1.54, 1.807) is 0 Å². The number of amides is 1. The lowest BCUT2D eigenvalue weighted by Gasteiger charge is -2.55. The molecule has 0 bridgehead atoms. The number of rotatable bonds is 3. The molecule has 2 saturated carbocycles. The summed E-state index contributed by atoms with van der Waals surface area (Å²) in [5, 5.41) is 9.84. The van der Waals surface area contributed by atoms with E-state index in [4.69, 9.17) is 4.74 Å². The average Bonchev–Trinajstić information content (AvgIpc) is 2.54. The summed E-state index contributed by atoms with van der Waals surface area (Å²) in [6.45, 7) is 7.63. The third-order valence-corrected chi connectivity index (χ3v) is 6.55. The molecule has 1 N–H and O–H groups in total. The molecule has 1 saturated heterocycles. The largest absolute Gasteiger partial charge is 0.474 e. The van der Waals surface area contributed by atoms with Crippen LogP contribution in [0.5, 0.6) is 5.88 Å². The molecule has 0 unspecified atom stereocenters. The lowest BCUT2D eigenvalue weighted by molar-refractivity contribution is -0.164. The van der Waals surface area contributed by atoms with Crippen LogP contribution in [0.4, 0.5) is 0 Å². The number of hydrogen-bond acceptors (Lipinski definition) is 4. The van der Waals surface area contributed by atoms with E-state index in [0.717, 1.165) is 55.9 Å². The molecule has 1 amide bonds. The highest BCUT2D eigenvalue weighted by atomic mass is 16.5. The molecular formula is C21H30N2O3. The van der Waals surface area contributed by atoms with Crippen LogP contribution in [0.2, 0.25) is 0 Å². The summed E-state index contributed by atoms with van der Waals surface area (Å²) in [5.41, 5.74) is 1.76. The lowest BCUT2D eigenvalue weighted by atomic mass is 9.66. The molecule has 3 aliphatic rings. The van der Waals surface area contributed by atoms with E-state index in [1.807, 2.05) is 31.7 Å². The van der Waals surface area contributed by atoms with E-state index in [2.05, 4.69) is 11.1 Å². The first-order valence-electron chi connectivity index (χ1n) is 9.87. The summed E-state index contributed by atoms with van der Waals surface area (Å²) in [7, 11) is 0. The SMILES string of the molecule is Cc1ccc(C)c(OC2CCC3(CC2)CN(C(=O)C2CC(C)(O)C2)C3)n1. The van der Waals surface area contributed by atoms with Gasteiger partial charge < -0.3 is 14.7 Å². The molecule has 0 radical (unpaired) electrons. The van der Waals surface area contributed by atoms with E-state index in [9.17, 15) is 9.90 Å². The van der Waals surface area contributed by atoms with Gasteiger partial charge in [-0.15, -0.1) is 0 Å². The second-order valence-electron chi connectivity index (χ2n) is 9.19. The van der Waals surface area contributed by atoms with Gasteiger partial charge in [0.15, 0.2) is 0 Å². The average molecular weight is 358 g/mol. The van der Waals surface area contributed by atoms with Crippen molar-refractivity contribution in [2.45, 2.75) is 71.0 Å². The molecule has 5 heteroatoms. The maximum Gasteiger partial charge on any atom is 0.225 e. The molecule has 3 fully saturated rings. The van der Waals surface area contributed by atoms with Crippen LogP contribution in [0.1, 0.15) is 56.7 Å². The number of aryl methyl sites for hydroxylation is 2. The zero-order valence-corrected chi connectivity index (χ0v) is 16.1. The normalized spacial score (nSPS) is 30.6. The highest BCUT2D eigenvalue weighted by Crippen LogP contribution is 2.47. The number of carbonyl (C=O) groups excluding carboxylic acids is 1. The standard InChI is InChI=1S/C21H30N2O3/c1-14-4-5-15(2)22-18(14)26-17-6-8-21(9-7-17)12-23(13-21)19(24)16-10-20(3,25)11-16/h4-5,16-17,25H,6-13H2,1-3H3. The molecule has 4 rings (SSSR count). The minimum atomic E-state index is -0.625. The van der Waals surface area contributed by atoms with Gasteiger partial charge >= 0.3 is 0 Å². The first-order valence-corrected chi connectivity index (χ1v) is 9.87. The van der Waals surface area contributed by atoms with Gasteiger partial charge in [0.2, 0.25) is 11.8 Å². The number of carbonyl (C=O) groups is 1. The van der Waals surface area contributed by atoms with E-state index in [0.29, 0.717) is 18.3 Å². The van der Waals surface area contributed by atoms with Crippen molar-refractivity contribution < 1.29 is 14.6 Å². The van der Waals surface area contributed by atoms with Crippen molar-refractivity contribution in [3.8, 4) is 5.88 Å². The molecule has 142 valence electrons. The van der Waals surface area contributed by atoms with Gasteiger partial charge in [0, 0.05) is 35.7 Å². The van der Waals surface area contributed by atoms with E-state index in [-0.39, 0.29) is 17.9 Å². The fourth-order valence-electron chi connectivity index (χ4n) is 4.87. The van der Waals surface area contributed by atoms with Crippen LogP contribution < -0.4 is 4.74 Å². The van der Waals surface area contributed by atoms with Gasteiger partial charge in [-0.1, -0.05) is 6.07 Å². The Morgan fingerprint density at radius 1 is 1.23 bits per heavy atom. The van der Waals surface area contributed by atoms with Crippen LogP contribution in [0.15, 0.2) is 12.1 Å². The van der Waals surface area contributed by atoms with E-state index in [1.165, 1.54) is 0 Å². The van der Waals surface area contributed by atoms with Crippen molar-refractivity contribution in [3.05, 3.63) is 23.4 Å². The van der Waals surface area contributed by atoms with Crippen molar-refractivity contribution in [3.63, 3.8) is 0 Å². The monoisotopic (exact) mass is 358 g/mol. The summed E-state index contributed by atoms with van der Waals surface area (Å²) >= 11 is 0. The highest BCUT2D eigenvalue weighted by Gasteiger charge is 2.51. The van der Waals surface area contributed by atoms with Gasteiger partial charge in [0.25, 0.3) is 0 Å². The highest BCUT2D eigenvalue weighted by molar-refractivity contribution is 5.81. The molecule has 1 spiro atoms. The van der Waals surface area contributed by atoms with Crippen molar-refractivity contribution in [1.29, 1.82) is 0 Å². The number of hydrogen-bond donors (Lipinski definition) is 1. The van der Waals surface area contributed by atoms with Gasteiger partial charge in [-0.25, -0.2) is 4.98 Å². The Balaban J connectivity index is 1.26. The third kappa shape index (κ3) is 3.34. The quantitative estimate of drug-likeness (QED) is 0.902. The lowest BCUT2D eigenvalue weighted by Crippen LogP contribution is -2.63. The molecule has 26 heavy (non-hydrogen) atoms. The number of pyridine rings is 1. The van der Waals surface area contributed by atoms with Crippen LogP contribution >= 0.6 is 0 Å². The summed E-state index contributed by atoms with van der Waals surface area (Å²) in [6, 6.07) is 4.08. The summed E-state index contributed by atoms with van der Waals surface area (Å²) in [5.74, 6) is 1.06. The fraction of sp³-hybridized carbons (Fsp3) is 0.714. The smallest absolute Gasteiger partial charge is 0.225 e. The summed E-state index contributed by atoms with van der Waals surface area (Å²) in [4.78, 5) is 19.0. The minimum Gasteiger partial charge on any atom is -0.474 e.